The molecule has 0 radical (unpaired) electrons. The summed E-state index contributed by atoms with van der Waals surface area (Å²) in [6, 6.07) is 10.5. The van der Waals surface area contributed by atoms with E-state index in [0.29, 0.717) is 24.3 Å². The fourth-order valence-electron chi connectivity index (χ4n) is 3.35. The highest BCUT2D eigenvalue weighted by Crippen LogP contribution is 2.27. The monoisotopic (exact) mass is 375 g/mol. The van der Waals surface area contributed by atoms with Crippen LogP contribution in [0.5, 0.6) is 0 Å². The van der Waals surface area contributed by atoms with Gasteiger partial charge in [-0.05, 0) is 49.1 Å². The molecule has 1 N–H and O–H groups in total. The molecule has 7 heteroatoms. The minimum Gasteiger partial charge on any atom is -0.342 e. The fourth-order valence-corrected chi connectivity index (χ4v) is 4.98. The van der Waals surface area contributed by atoms with E-state index in [1.807, 2.05) is 42.9 Å². The van der Waals surface area contributed by atoms with E-state index in [2.05, 4.69) is 5.32 Å². The molecule has 1 amide bonds. The minimum atomic E-state index is -3.27. The number of carbonyl (C=O) groups excluding carboxylic acids is 1. The topological polar surface area (TPSA) is 71.4 Å². The number of amides is 1. The highest BCUT2D eigenvalue weighted by Gasteiger charge is 2.27. The molecule has 3 rings (SSSR count). The van der Waals surface area contributed by atoms with E-state index in [1.54, 1.807) is 24.3 Å². The number of nitrogens with one attached hydrogen (secondary N) is 1. The molecule has 0 unspecified atom stereocenters. The molecule has 2 heterocycles. The van der Waals surface area contributed by atoms with Crippen LogP contribution in [-0.4, -0.2) is 31.2 Å². The molecular weight excluding hydrogens is 350 g/mol. The Morgan fingerprint density at radius 1 is 1.12 bits per heavy atom. The van der Waals surface area contributed by atoms with Crippen molar-refractivity contribution >= 4 is 27.3 Å². The Balaban J connectivity index is 1.81. The van der Waals surface area contributed by atoms with Gasteiger partial charge in [0.15, 0.2) is 0 Å². The zero-order valence-electron chi connectivity index (χ0n) is 15.1. The van der Waals surface area contributed by atoms with Crippen LogP contribution in [0.1, 0.15) is 32.7 Å². The number of hydrogen-bond acceptors (Lipinski definition) is 3. The van der Waals surface area contributed by atoms with Gasteiger partial charge in [0, 0.05) is 24.6 Å². The molecule has 0 saturated carbocycles. The van der Waals surface area contributed by atoms with Crippen molar-refractivity contribution in [2.45, 2.75) is 32.7 Å². The van der Waals surface area contributed by atoms with Crippen molar-refractivity contribution in [2.75, 3.05) is 21.9 Å². The standard InChI is InChI=1S/C19H25N3O3S/c1-15(2)18(21-10-3-4-11-21)19(23)20-16-8-7-9-17(14-16)22-12-5-6-13-26(22,24)25/h3-4,7-11,14-15,18H,5-6,12-13H2,1-2H3,(H,20,23)/t18-/m1/s1. The predicted octanol–water partition coefficient (Wildman–Crippen LogP) is 3.25. The van der Waals surface area contributed by atoms with Crippen molar-refractivity contribution in [3.8, 4) is 0 Å². The van der Waals surface area contributed by atoms with Crippen LogP contribution >= 0.6 is 0 Å². The van der Waals surface area contributed by atoms with Gasteiger partial charge in [-0.2, -0.15) is 0 Å². The van der Waals surface area contributed by atoms with E-state index in [0.717, 1.165) is 6.42 Å². The first kappa shape index (κ1) is 18.5. The van der Waals surface area contributed by atoms with Gasteiger partial charge in [0.1, 0.15) is 6.04 Å². The normalized spacial score (nSPS) is 17.9. The molecule has 0 spiro atoms. The van der Waals surface area contributed by atoms with Crippen LogP contribution in [0.4, 0.5) is 11.4 Å². The number of carbonyl (C=O) groups is 1. The Labute approximate surface area is 154 Å². The van der Waals surface area contributed by atoms with Gasteiger partial charge < -0.3 is 9.88 Å². The van der Waals surface area contributed by atoms with Crippen LogP contribution < -0.4 is 9.62 Å². The summed E-state index contributed by atoms with van der Waals surface area (Å²) in [6.45, 7) is 4.49. The summed E-state index contributed by atoms with van der Waals surface area (Å²) in [4.78, 5) is 12.8. The first-order valence-corrected chi connectivity index (χ1v) is 10.5. The SMILES string of the molecule is CC(C)[C@H](C(=O)Nc1cccc(N2CCCCS2(=O)=O)c1)n1cccc1. The van der Waals surface area contributed by atoms with Gasteiger partial charge in [-0.25, -0.2) is 8.42 Å². The molecule has 140 valence electrons. The zero-order valence-corrected chi connectivity index (χ0v) is 15.9. The third kappa shape index (κ3) is 3.93. The van der Waals surface area contributed by atoms with E-state index in [-0.39, 0.29) is 23.6 Å². The van der Waals surface area contributed by atoms with Crippen LogP contribution in [0, 0.1) is 5.92 Å². The average molecular weight is 375 g/mol. The second-order valence-corrected chi connectivity index (χ2v) is 8.97. The van der Waals surface area contributed by atoms with E-state index in [1.165, 1.54) is 4.31 Å². The molecule has 1 aromatic carbocycles. The van der Waals surface area contributed by atoms with Crippen molar-refractivity contribution in [3.63, 3.8) is 0 Å². The first-order chi connectivity index (χ1) is 12.4. The van der Waals surface area contributed by atoms with Crippen LogP contribution in [0.15, 0.2) is 48.8 Å². The number of rotatable bonds is 5. The fraction of sp³-hybridized carbons (Fsp3) is 0.421. The maximum atomic E-state index is 12.8. The Morgan fingerprint density at radius 2 is 1.85 bits per heavy atom. The molecule has 0 aliphatic carbocycles. The lowest BCUT2D eigenvalue weighted by Crippen LogP contribution is -2.37. The number of aromatic nitrogens is 1. The maximum absolute atomic E-state index is 12.8. The highest BCUT2D eigenvalue weighted by atomic mass is 32.2. The molecule has 1 aliphatic heterocycles. The van der Waals surface area contributed by atoms with Crippen molar-refractivity contribution in [1.29, 1.82) is 0 Å². The Morgan fingerprint density at radius 3 is 2.50 bits per heavy atom. The van der Waals surface area contributed by atoms with Gasteiger partial charge in [0.05, 0.1) is 11.4 Å². The van der Waals surface area contributed by atoms with Crippen LogP contribution in [0.3, 0.4) is 0 Å². The molecule has 2 aromatic rings. The highest BCUT2D eigenvalue weighted by molar-refractivity contribution is 7.92. The lowest BCUT2D eigenvalue weighted by molar-refractivity contribution is -0.120. The van der Waals surface area contributed by atoms with Crippen molar-refractivity contribution in [3.05, 3.63) is 48.8 Å². The molecule has 1 saturated heterocycles. The predicted molar refractivity (Wildman–Crippen MR) is 104 cm³/mol. The molecular formula is C19H25N3O3S. The second kappa shape index (κ2) is 7.53. The average Bonchev–Trinajstić information content (AvgIpc) is 3.08. The summed E-state index contributed by atoms with van der Waals surface area (Å²) in [6.07, 6.45) is 5.29. The smallest absolute Gasteiger partial charge is 0.247 e. The van der Waals surface area contributed by atoms with Gasteiger partial charge in [-0.1, -0.05) is 19.9 Å². The lowest BCUT2D eigenvalue weighted by atomic mass is 10.0. The largest absolute Gasteiger partial charge is 0.342 e. The summed E-state index contributed by atoms with van der Waals surface area (Å²) in [5.74, 6) is 0.176. The summed E-state index contributed by atoms with van der Waals surface area (Å²) in [5.41, 5.74) is 1.20. The molecule has 26 heavy (non-hydrogen) atoms. The molecule has 6 nitrogen and oxygen atoms in total. The van der Waals surface area contributed by atoms with E-state index < -0.39 is 10.0 Å². The number of hydrogen-bond donors (Lipinski definition) is 1. The Bertz CT molecular complexity index is 860. The van der Waals surface area contributed by atoms with Crippen LogP contribution in [-0.2, 0) is 14.8 Å². The molecule has 1 atom stereocenters. The van der Waals surface area contributed by atoms with Gasteiger partial charge >= 0.3 is 0 Å². The third-order valence-corrected chi connectivity index (χ3v) is 6.47. The minimum absolute atomic E-state index is 0.116. The zero-order chi connectivity index (χ0) is 18.7. The van der Waals surface area contributed by atoms with Crippen molar-refractivity contribution in [2.24, 2.45) is 5.92 Å². The maximum Gasteiger partial charge on any atom is 0.247 e. The van der Waals surface area contributed by atoms with Crippen LogP contribution in [0.25, 0.3) is 0 Å². The molecule has 1 fully saturated rings. The second-order valence-electron chi connectivity index (χ2n) is 6.95. The molecule has 1 aliphatic rings. The van der Waals surface area contributed by atoms with Gasteiger partial charge in [-0.15, -0.1) is 0 Å². The summed E-state index contributed by atoms with van der Waals surface area (Å²) >= 11 is 0. The van der Waals surface area contributed by atoms with Crippen LogP contribution in [0.2, 0.25) is 0 Å². The lowest BCUT2D eigenvalue weighted by Gasteiger charge is -2.28. The molecule has 1 aromatic heterocycles. The quantitative estimate of drug-likeness (QED) is 0.872. The van der Waals surface area contributed by atoms with Gasteiger partial charge in [-0.3, -0.25) is 9.10 Å². The van der Waals surface area contributed by atoms with Crippen molar-refractivity contribution < 1.29 is 13.2 Å². The van der Waals surface area contributed by atoms with E-state index >= 15 is 0 Å². The Hall–Kier alpha value is -2.28. The number of anilines is 2. The van der Waals surface area contributed by atoms with E-state index in [9.17, 15) is 13.2 Å². The number of benzene rings is 1. The third-order valence-electron chi connectivity index (χ3n) is 4.60. The summed E-state index contributed by atoms with van der Waals surface area (Å²) < 4.78 is 27.9. The van der Waals surface area contributed by atoms with E-state index in [4.69, 9.17) is 0 Å². The Kier molecular flexibility index (Phi) is 5.36. The number of sulfonamides is 1. The summed E-state index contributed by atoms with van der Waals surface area (Å²) in [7, 11) is -3.27. The van der Waals surface area contributed by atoms with Crippen molar-refractivity contribution in [1.82, 2.24) is 4.57 Å². The van der Waals surface area contributed by atoms with Gasteiger partial charge in [0.2, 0.25) is 15.9 Å². The van der Waals surface area contributed by atoms with Gasteiger partial charge in [0.25, 0.3) is 0 Å². The number of nitrogens with zero attached hydrogens (tertiary/aromatic N) is 2. The summed E-state index contributed by atoms with van der Waals surface area (Å²) in [5, 5.41) is 2.94. The molecule has 0 bridgehead atoms. The first-order valence-electron chi connectivity index (χ1n) is 8.92.